The topological polar surface area (TPSA) is 106 Å². The van der Waals surface area contributed by atoms with Crippen LogP contribution in [0.15, 0.2) is 40.7 Å². The van der Waals surface area contributed by atoms with Crippen LogP contribution in [0.3, 0.4) is 0 Å². The lowest BCUT2D eigenvalue weighted by atomic mass is 9.92. The van der Waals surface area contributed by atoms with Crippen molar-refractivity contribution in [2.75, 3.05) is 7.11 Å². The highest BCUT2D eigenvalue weighted by molar-refractivity contribution is 6.06. The van der Waals surface area contributed by atoms with E-state index < -0.39 is 35.6 Å². The van der Waals surface area contributed by atoms with Crippen LogP contribution in [0.5, 0.6) is 0 Å². The Morgan fingerprint density at radius 3 is 2.49 bits per heavy atom. The van der Waals surface area contributed by atoms with Gasteiger partial charge in [-0.3, -0.25) is 4.90 Å². The summed E-state index contributed by atoms with van der Waals surface area (Å²) < 4.78 is 25.8. The van der Waals surface area contributed by atoms with E-state index in [4.69, 9.17) is 9.47 Å². The zero-order valence-electron chi connectivity index (χ0n) is 20.6. The number of allylic oxidation sites excluding steroid dienone is 1. The molecule has 1 saturated carbocycles. The minimum Gasteiger partial charge on any atom is -0.476 e. The highest BCUT2D eigenvalue weighted by Gasteiger charge is 2.57. The van der Waals surface area contributed by atoms with Gasteiger partial charge in [0.2, 0.25) is 5.76 Å². The van der Waals surface area contributed by atoms with Gasteiger partial charge in [-0.25, -0.2) is 23.8 Å². The summed E-state index contributed by atoms with van der Waals surface area (Å²) in [6.07, 6.45) is -0.366. The number of amides is 1. The van der Waals surface area contributed by atoms with Crippen molar-refractivity contribution in [3.8, 4) is 0 Å². The van der Waals surface area contributed by atoms with E-state index in [1.165, 1.54) is 18.1 Å². The number of carbonyl (C=O) groups is 1. The molecule has 1 saturated heterocycles. The molecule has 1 aliphatic carbocycles. The molecule has 9 heteroatoms. The number of benzene rings is 1. The van der Waals surface area contributed by atoms with Gasteiger partial charge in [0.25, 0.3) is 0 Å². The fourth-order valence-corrected chi connectivity index (χ4v) is 4.72. The van der Waals surface area contributed by atoms with Crippen LogP contribution in [0.1, 0.15) is 46.1 Å². The first kappa shape index (κ1) is 26.4. The second kappa shape index (κ2) is 10.6. The molecule has 5 atom stereocenters. The molecule has 1 aromatic rings. The number of methoxy groups -OCH3 is 1. The third kappa shape index (κ3) is 6.06. The molecule has 1 aromatic carbocycles. The van der Waals surface area contributed by atoms with Gasteiger partial charge in [-0.1, -0.05) is 25.1 Å². The van der Waals surface area contributed by atoms with E-state index in [0.717, 1.165) is 6.42 Å². The molecule has 2 fully saturated rings. The smallest absolute Gasteiger partial charge is 0.407 e. The molecular weight excluding hydrogens is 455 g/mol. The Hall–Kier alpha value is -3.25. The van der Waals surface area contributed by atoms with E-state index in [2.05, 4.69) is 4.99 Å². The number of carboxylic acid groups (broad SMARTS) is 1. The van der Waals surface area contributed by atoms with E-state index >= 15 is 0 Å². The molecule has 3 rings (SSSR count). The standard InChI is InChI=1S/C26H31FN2O6/c1-15(24(34-5)22-12-17-11-21(17)29(22)25(32)33)20(13-30)28-19(23(14-31)35-26(2,3)4)10-16-8-6-7-9-18(16)27/h6-9,15,17,21-22,24H,10-12H2,1-5H3,(H,32,33)/t15-,17?,21?,22?,24-/m1/s1. The third-order valence-corrected chi connectivity index (χ3v) is 6.38. The quantitative estimate of drug-likeness (QED) is 0.323. The first-order chi connectivity index (χ1) is 16.5. The van der Waals surface area contributed by atoms with Gasteiger partial charge in [0.05, 0.1) is 17.9 Å². The molecule has 1 amide bonds. The number of hydrogen-bond donors (Lipinski definition) is 1. The fraction of sp³-hybridized carbons (Fsp3) is 0.538. The van der Waals surface area contributed by atoms with Crippen molar-refractivity contribution in [3.05, 3.63) is 47.1 Å². The van der Waals surface area contributed by atoms with Crippen LogP contribution in [-0.4, -0.2) is 64.6 Å². The van der Waals surface area contributed by atoms with E-state index in [0.29, 0.717) is 6.42 Å². The van der Waals surface area contributed by atoms with Gasteiger partial charge in [0.1, 0.15) is 23.1 Å². The highest BCUT2D eigenvalue weighted by Crippen LogP contribution is 2.50. The highest BCUT2D eigenvalue weighted by atomic mass is 19.1. The van der Waals surface area contributed by atoms with Crippen LogP contribution in [0, 0.1) is 17.7 Å². The number of carbonyl (C=O) groups excluding carboxylic acids is 2. The molecule has 3 unspecified atom stereocenters. The van der Waals surface area contributed by atoms with Gasteiger partial charge < -0.3 is 14.6 Å². The van der Waals surface area contributed by atoms with E-state index in [1.807, 2.05) is 5.94 Å². The molecule has 1 aliphatic heterocycles. The molecule has 0 bridgehead atoms. The number of halogens is 1. The Balaban J connectivity index is 1.97. The Kier molecular flexibility index (Phi) is 7.96. The maximum absolute atomic E-state index is 14.4. The maximum atomic E-state index is 14.4. The average Bonchev–Trinajstić information content (AvgIpc) is 3.45. The maximum Gasteiger partial charge on any atom is 0.407 e. The van der Waals surface area contributed by atoms with Gasteiger partial charge in [-0.2, -0.15) is 0 Å². The van der Waals surface area contributed by atoms with Crippen molar-refractivity contribution in [2.45, 2.75) is 70.7 Å². The zero-order chi connectivity index (χ0) is 25.9. The summed E-state index contributed by atoms with van der Waals surface area (Å²) in [7, 11) is 1.46. The van der Waals surface area contributed by atoms with Gasteiger partial charge in [0.15, 0.2) is 5.94 Å². The minimum atomic E-state index is -1.03. The van der Waals surface area contributed by atoms with Crippen LogP contribution in [0.4, 0.5) is 9.18 Å². The van der Waals surface area contributed by atoms with Gasteiger partial charge in [-0.05, 0) is 51.2 Å². The number of rotatable bonds is 9. The summed E-state index contributed by atoms with van der Waals surface area (Å²) in [4.78, 5) is 41.5. The summed E-state index contributed by atoms with van der Waals surface area (Å²) >= 11 is 0. The number of likely N-dealkylation sites (tertiary alicyclic amines) is 1. The summed E-state index contributed by atoms with van der Waals surface area (Å²) in [6, 6.07) is 5.55. The van der Waals surface area contributed by atoms with Crippen LogP contribution in [0.25, 0.3) is 0 Å². The number of fused-ring (bicyclic) bond motifs is 1. The summed E-state index contributed by atoms with van der Waals surface area (Å²) in [5.41, 5.74) is -0.587. The van der Waals surface area contributed by atoms with Crippen molar-refractivity contribution in [1.29, 1.82) is 0 Å². The number of nitrogens with zero attached hydrogens (tertiary/aromatic N) is 2. The minimum absolute atomic E-state index is 0.0180. The lowest BCUT2D eigenvalue weighted by Gasteiger charge is -2.34. The molecule has 1 N–H and O–H groups in total. The van der Waals surface area contributed by atoms with Crippen LogP contribution in [0.2, 0.25) is 0 Å². The third-order valence-electron chi connectivity index (χ3n) is 6.38. The van der Waals surface area contributed by atoms with E-state index in [9.17, 15) is 23.9 Å². The normalized spacial score (nSPS) is 23.0. The monoisotopic (exact) mass is 486 g/mol. The predicted molar refractivity (Wildman–Crippen MR) is 127 cm³/mol. The SMILES string of the molecule is CO[C@@H](C1CC2CC2N1C(=O)O)[C@H](C)C(=C=O)N=C(Cc1ccccc1F)C(=C=O)OC(C)(C)C. The van der Waals surface area contributed by atoms with Crippen molar-refractivity contribution in [3.63, 3.8) is 0 Å². The zero-order valence-corrected chi connectivity index (χ0v) is 20.6. The van der Waals surface area contributed by atoms with Gasteiger partial charge in [-0.15, -0.1) is 0 Å². The van der Waals surface area contributed by atoms with Crippen LogP contribution < -0.4 is 0 Å². The predicted octanol–water partition coefficient (Wildman–Crippen LogP) is 3.85. The molecule has 2 aliphatic rings. The van der Waals surface area contributed by atoms with Crippen molar-refractivity contribution in [1.82, 2.24) is 4.90 Å². The Bertz CT molecular complexity index is 1100. The van der Waals surface area contributed by atoms with Crippen molar-refractivity contribution in [2.24, 2.45) is 16.8 Å². The van der Waals surface area contributed by atoms with Crippen molar-refractivity contribution < 1.29 is 33.4 Å². The number of aliphatic imine (C=N–C) groups is 1. The molecule has 0 spiro atoms. The first-order valence-electron chi connectivity index (χ1n) is 11.5. The Labute approximate surface area is 204 Å². The fourth-order valence-electron chi connectivity index (χ4n) is 4.72. The Morgan fingerprint density at radius 1 is 1.26 bits per heavy atom. The summed E-state index contributed by atoms with van der Waals surface area (Å²) in [6.45, 7) is 6.89. The molecule has 0 aromatic heterocycles. The number of hydrogen-bond acceptors (Lipinski definition) is 6. The molecule has 188 valence electrons. The molecule has 8 nitrogen and oxygen atoms in total. The number of ether oxygens (including phenoxy) is 2. The lowest BCUT2D eigenvalue weighted by Crippen LogP contribution is -2.48. The second-order valence-electron chi connectivity index (χ2n) is 10.0. The van der Waals surface area contributed by atoms with Gasteiger partial charge in [0, 0.05) is 25.5 Å². The summed E-state index contributed by atoms with van der Waals surface area (Å²) in [5, 5.41) is 9.71. The lowest BCUT2D eigenvalue weighted by molar-refractivity contribution is 0.00147. The van der Waals surface area contributed by atoms with E-state index in [-0.39, 0.29) is 41.1 Å². The molecule has 35 heavy (non-hydrogen) atoms. The van der Waals surface area contributed by atoms with Gasteiger partial charge >= 0.3 is 6.09 Å². The first-order valence-corrected chi connectivity index (χ1v) is 11.5. The molecule has 0 radical (unpaired) electrons. The second-order valence-corrected chi connectivity index (χ2v) is 10.0. The summed E-state index contributed by atoms with van der Waals surface area (Å²) in [5.74, 6) is 2.43. The Morgan fingerprint density at radius 2 is 1.94 bits per heavy atom. The van der Waals surface area contributed by atoms with E-state index in [1.54, 1.807) is 51.8 Å². The number of piperidine rings is 1. The van der Waals surface area contributed by atoms with Crippen LogP contribution >= 0.6 is 0 Å². The largest absolute Gasteiger partial charge is 0.476 e. The average molecular weight is 487 g/mol. The van der Waals surface area contributed by atoms with Crippen LogP contribution in [-0.2, 0) is 25.5 Å². The van der Waals surface area contributed by atoms with Crippen molar-refractivity contribution >= 4 is 23.7 Å². The molecular formula is C26H31FN2O6. The molecule has 1 heterocycles.